The molecule has 2 aromatic rings. The van der Waals surface area contributed by atoms with Crippen LogP contribution in [0.25, 0.3) is 0 Å². The number of carbonyl (C=O) groups is 1. The van der Waals surface area contributed by atoms with Gasteiger partial charge in [-0.1, -0.05) is 42.5 Å². The summed E-state index contributed by atoms with van der Waals surface area (Å²) in [5, 5.41) is 27.3. The third kappa shape index (κ3) is 2.55. The molecule has 24 heavy (non-hydrogen) atoms. The van der Waals surface area contributed by atoms with Gasteiger partial charge in [-0.2, -0.15) is 10.1 Å². The van der Waals surface area contributed by atoms with Gasteiger partial charge >= 0.3 is 0 Å². The number of nitro benzene ring substituents is 1. The van der Waals surface area contributed by atoms with Gasteiger partial charge in [-0.05, 0) is 13.0 Å². The van der Waals surface area contributed by atoms with Gasteiger partial charge in [0.15, 0.2) is 5.72 Å². The number of nitro groups is 1. The summed E-state index contributed by atoms with van der Waals surface area (Å²) in [4.78, 5) is 23.4. The third-order valence-corrected chi connectivity index (χ3v) is 3.88. The standard InChI is InChI=1S/C17H15N3O4/c1-12-11-17(22,13-7-3-2-4-8-13)19(18-12)16(21)14-9-5-6-10-15(14)20(23)24/h2-10,22H,11H2,1H3/t17-/m0/s1. The normalized spacial score (nSPS) is 19.9. The minimum atomic E-state index is -1.66. The summed E-state index contributed by atoms with van der Waals surface area (Å²) in [5.74, 6) is -0.717. The topological polar surface area (TPSA) is 96.0 Å². The number of amides is 1. The van der Waals surface area contributed by atoms with Gasteiger partial charge in [0.05, 0.1) is 4.92 Å². The van der Waals surface area contributed by atoms with Crippen molar-refractivity contribution in [2.75, 3.05) is 0 Å². The van der Waals surface area contributed by atoms with E-state index in [1.807, 2.05) is 0 Å². The smallest absolute Gasteiger partial charge is 0.283 e. The van der Waals surface area contributed by atoms with Crippen LogP contribution in [0.1, 0.15) is 29.3 Å². The molecule has 7 nitrogen and oxygen atoms in total. The number of hydrogen-bond donors (Lipinski definition) is 1. The summed E-state index contributed by atoms with van der Waals surface area (Å²) in [5.41, 5.74) is -1.04. The second-order valence-electron chi connectivity index (χ2n) is 5.59. The molecule has 122 valence electrons. The van der Waals surface area contributed by atoms with Gasteiger partial charge < -0.3 is 5.11 Å². The first-order chi connectivity index (χ1) is 11.4. The van der Waals surface area contributed by atoms with Crippen LogP contribution in [0.5, 0.6) is 0 Å². The molecule has 1 atom stereocenters. The average Bonchev–Trinajstić information content (AvgIpc) is 2.91. The first-order valence-corrected chi connectivity index (χ1v) is 7.33. The van der Waals surface area contributed by atoms with E-state index in [9.17, 15) is 20.0 Å². The van der Waals surface area contributed by atoms with Crippen LogP contribution < -0.4 is 0 Å². The maximum atomic E-state index is 12.9. The van der Waals surface area contributed by atoms with Gasteiger partial charge in [0.2, 0.25) is 0 Å². The summed E-state index contributed by atoms with van der Waals surface area (Å²) >= 11 is 0. The molecule has 0 saturated carbocycles. The van der Waals surface area contributed by atoms with Crippen molar-refractivity contribution in [2.24, 2.45) is 5.10 Å². The second kappa shape index (κ2) is 5.86. The molecule has 0 spiro atoms. The zero-order valence-electron chi connectivity index (χ0n) is 12.9. The lowest BCUT2D eigenvalue weighted by Gasteiger charge is -2.31. The van der Waals surface area contributed by atoms with Crippen LogP contribution in [0, 0.1) is 10.1 Å². The molecule has 0 fully saturated rings. The average molecular weight is 325 g/mol. The van der Waals surface area contributed by atoms with Gasteiger partial charge in [0.1, 0.15) is 5.56 Å². The van der Waals surface area contributed by atoms with E-state index < -0.39 is 16.6 Å². The quantitative estimate of drug-likeness (QED) is 0.693. The van der Waals surface area contributed by atoms with Crippen LogP contribution in [-0.2, 0) is 5.72 Å². The molecule has 0 aliphatic carbocycles. The van der Waals surface area contributed by atoms with E-state index in [0.29, 0.717) is 11.3 Å². The Labute approximate surface area is 138 Å². The van der Waals surface area contributed by atoms with Crippen LogP contribution in [0.15, 0.2) is 59.7 Å². The molecule has 7 heteroatoms. The largest absolute Gasteiger partial charge is 0.365 e. The highest BCUT2D eigenvalue weighted by Crippen LogP contribution is 2.37. The number of aliphatic hydroxyl groups is 1. The summed E-state index contributed by atoms with van der Waals surface area (Å²) in [6.07, 6.45) is 0.142. The second-order valence-corrected chi connectivity index (χ2v) is 5.59. The Morgan fingerprint density at radius 1 is 1.21 bits per heavy atom. The minimum Gasteiger partial charge on any atom is -0.365 e. The SMILES string of the molecule is CC1=NN(C(=O)c2ccccc2[N+](=O)[O-])[C@@](O)(c2ccccc2)C1. The van der Waals surface area contributed by atoms with Gasteiger partial charge in [0.25, 0.3) is 11.6 Å². The Morgan fingerprint density at radius 3 is 2.50 bits per heavy atom. The molecular formula is C17H15N3O4. The lowest BCUT2D eigenvalue weighted by atomic mass is 9.97. The van der Waals surface area contributed by atoms with Gasteiger partial charge in [-0.15, -0.1) is 0 Å². The Hall–Kier alpha value is -3.06. The van der Waals surface area contributed by atoms with Crippen molar-refractivity contribution in [1.29, 1.82) is 0 Å². The minimum absolute atomic E-state index is 0.115. The van der Waals surface area contributed by atoms with E-state index in [1.54, 1.807) is 37.3 Å². The maximum absolute atomic E-state index is 12.9. The van der Waals surface area contributed by atoms with E-state index in [0.717, 1.165) is 5.01 Å². The molecule has 3 rings (SSSR count). The molecule has 0 unspecified atom stereocenters. The fourth-order valence-corrected chi connectivity index (χ4v) is 2.79. The van der Waals surface area contributed by atoms with Crippen molar-refractivity contribution in [1.82, 2.24) is 5.01 Å². The molecule has 0 radical (unpaired) electrons. The predicted molar refractivity (Wildman–Crippen MR) is 87.3 cm³/mol. The first kappa shape index (κ1) is 15.8. The first-order valence-electron chi connectivity index (χ1n) is 7.33. The van der Waals surface area contributed by atoms with E-state index in [4.69, 9.17) is 0 Å². The van der Waals surface area contributed by atoms with Crippen molar-refractivity contribution in [2.45, 2.75) is 19.1 Å². The Kier molecular flexibility index (Phi) is 3.86. The monoisotopic (exact) mass is 325 g/mol. The number of carbonyl (C=O) groups excluding carboxylic acids is 1. The van der Waals surface area contributed by atoms with Crippen molar-refractivity contribution in [3.05, 3.63) is 75.8 Å². The number of para-hydroxylation sites is 1. The van der Waals surface area contributed by atoms with Crippen LogP contribution in [0.4, 0.5) is 5.69 Å². The Morgan fingerprint density at radius 2 is 1.83 bits per heavy atom. The Bertz CT molecular complexity index is 835. The molecule has 1 amide bonds. The fraction of sp³-hybridized carbons (Fsp3) is 0.176. The summed E-state index contributed by atoms with van der Waals surface area (Å²) in [7, 11) is 0. The molecule has 2 aromatic carbocycles. The molecular weight excluding hydrogens is 310 g/mol. The Balaban J connectivity index is 2.07. The van der Waals surface area contributed by atoms with E-state index in [1.165, 1.54) is 24.3 Å². The van der Waals surface area contributed by atoms with E-state index in [-0.39, 0.29) is 17.7 Å². The van der Waals surface area contributed by atoms with Crippen LogP contribution >= 0.6 is 0 Å². The van der Waals surface area contributed by atoms with Gasteiger partial charge in [-0.25, -0.2) is 0 Å². The lowest BCUT2D eigenvalue weighted by Crippen LogP contribution is -2.43. The van der Waals surface area contributed by atoms with Gasteiger partial charge in [-0.3, -0.25) is 14.9 Å². The summed E-state index contributed by atoms with van der Waals surface area (Å²) in [6.45, 7) is 1.70. The summed E-state index contributed by atoms with van der Waals surface area (Å²) in [6, 6.07) is 14.3. The highest BCUT2D eigenvalue weighted by atomic mass is 16.6. The number of nitrogens with zero attached hydrogens (tertiary/aromatic N) is 3. The lowest BCUT2D eigenvalue weighted by molar-refractivity contribution is -0.385. The molecule has 0 bridgehead atoms. The number of hydrazone groups is 1. The maximum Gasteiger partial charge on any atom is 0.283 e. The highest BCUT2D eigenvalue weighted by molar-refractivity contribution is 6.00. The number of rotatable bonds is 3. The molecule has 0 aromatic heterocycles. The summed E-state index contributed by atoms with van der Waals surface area (Å²) < 4.78 is 0. The van der Waals surface area contributed by atoms with Crippen LogP contribution in [0.3, 0.4) is 0 Å². The third-order valence-electron chi connectivity index (χ3n) is 3.88. The zero-order chi connectivity index (χ0) is 17.3. The van der Waals surface area contributed by atoms with Crippen molar-refractivity contribution in [3.8, 4) is 0 Å². The highest BCUT2D eigenvalue weighted by Gasteiger charge is 2.46. The van der Waals surface area contributed by atoms with Crippen molar-refractivity contribution < 1.29 is 14.8 Å². The molecule has 1 N–H and O–H groups in total. The number of benzene rings is 2. The van der Waals surface area contributed by atoms with Crippen LogP contribution in [0.2, 0.25) is 0 Å². The predicted octanol–water partition coefficient (Wildman–Crippen LogP) is 2.66. The van der Waals surface area contributed by atoms with Crippen molar-refractivity contribution >= 4 is 17.3 Å². The van der Waals surface area contributed by atoms with Crippen LogP contribution in [-0.4, -0.2) is 26.7 Å². The van der Waals surface area contributed by atoms with E-state index >= 15 is 0 Å². The molecule has 1 aliphatic heterocycles. The van der Waals surface area contributed by atoms with Gasteiger partial charge in [0, 0.05) is 23.8 Å². The number of hydrogen-bond acceptors (Lipinski definition) is 5. The zero-order valence-corrected chi connectivity index (χ0v) is 12.9. The molecule has 1 heterocycles. The van der Waals surface area contributed by atoms with E-state index in [2.05, 4.69) is 5.10 Å². The molecule has 0 saturated heterocycles. The fourth-order valence-electron chi connectivity index (χ4n) is 2.79. The molecule has 1 aliphatic rings. The van der Waals surface area contributed by atoms with Crippen molar-refractivity contribution in [3.63, 3.8) is 0 Å².